The van der Waals surface area contributed by atoms with Crippen LogP contribution in [0.4, 0.5) is 0 Å². The summed E-state index contributed by atoms with van der Waals surface area (Å²) in [6.07, 6.45) is 3.06. The van der Waals surface area contributed by atoms with Crippen molar-refractivity contribution in [3.63, 3.8) is 0 Å². The van der Waals surface area contributed by atoms with Crippen LogP contribution >= 0.6 is 0 Å². The molecule has 1 aromatic rings. The van der Waals surface area contributed by atoms with Crippen LogP contribution in [0.1, 0.15) is 24.6 Å². The van der Waals surface area contributed by atoms with Crippen LogP contribution in [0.2, 0.25) is 0 Å². The number of hydrogen-bond donors (Lipinski definition) is 1. The Morgan fingerprint density at radius 1 is 1.62 bits per heavy atom. The van der Waals surface area contributed by atoms with Gasteiger partial charge in [0.25, 0.3) is 0 Å². The fraction of sp³-hybridized carbons (Fsp3) is 0.500. The Balaban J connectivity index is 2.83. The molecule has 1 rings (SSSR count). The number of nitrogens with two attached hydrogens (primary N) is 1. The molecule has 1 aromatic heterocycles. The van der Waals surface area contributed by atoms with Crippen LogP contribution in [0, 0.1) is 18.8 Å². The highest BCUT2D eigenvalue weighted by Crippen LogP contribution is 2.03. The fourth-order valence-electron chi connectivity index (χ4n) is 1.13. The van der Waals surface area contributed by atoms with E-state index in [0.717, 1.165) is 24.2 Å². The van der Waals surface area contributed by atoms with Crippen molar-refractivity contribution in [1.29, 1.82) is 0 Å². The second kappa shape index (κ2) is 4.68. The molecule has 0 aliphatic carbocycles. The normalized spacial score (nSPS) is 9.46. The molecule has 70 valence electrons. The molecule has 3 heteroatoms. The van der Waals surface area contributed by atoms with Crippen LogP contribution in [0.15, 0.2) is 6.20 Å². The third kappa shape index (κ3) is 2.60. The summed E-state index contributed by atoms with van der Waals surface area (Å²) in [6, 6.07) is 0. The standard InChI is InChI=1S/C10H15N3/c1-3-7-13-8-10(5-4-6-11)9(2)12-13/h8H,3,6-7,11H2,1-2H3. The van der Waals surface area contributed by atoms with Gasteiger partial charge < -0.3 is 5.73 Å². The maximum atomic E-state index is 5.29. The Morgan fingerprint density at radius 2 is 2.38 bits per heavy atom. The molecule has 0 unspecified atom stereocenters. The van der Waals surface area contributed by atoms with E-state index in [0.29, 0.717) is 6.54 Å². The highest BCUT2D eigenvalue weighted by atomic mass is 15.3. The molecule has 13 heavy (non-hydrogen) atoms. The first kappa shape index (κ1) is 9.82. The summed E-state index contributed by atoms with van der Waals surface area (Å²) in [7, 11) is 0. The van der Waals surface area contributed by atoms with E-state index in [9.17, 15) is 0 Å². The maximum absolute atomic E-state index is 5.29. The smallest absolute Gasteiger partial charge is 0.0750 e. The van der Waals surface area contributed by atoms with E-state index in [2.05, 4.69) is 23.9 Å². The topological polar surface area (TPSA) is 43.8 Å². The van der Waals surface area contributed by atoms with E-state index in [1.54, 1.807) is 0 Å². The molecule has 3 nitrogen and oxygen atoms in total. The van der Waals surface area contributed by atoms with Crippen LogP contribution in [-0.4, -0.2) is 16.3 Å². The van der Waals surface area contributed by atoms with E-state index in [-0.39, 0.29) is 0 Å². The lowest BCUT2D eigenvalue weighted by molar-refractivity contribution is 0.598. The molecular weight excluding hydrogens is 162 g/mol. The van der Waals surface area contributed by atoms with Gasteiger partial charge in [0.2, 0.25) is 0 Å². The molecule has 0 fully saturated rings. The van der Waals surface area contributed by atoms with Gasteiger partial charge in [0.1, 0.15) is 0 Å². The number of aryl methyl sites for hydroxylation is 2. The summed E-state index contributed by atoms with van der Waals surface area (Å²) in [5, 5.41) is 4.33. The van der Waals surface area contributed by atoms with Crippen molar-refractivity contribution in [2.75, 3.05) is 6.54 Å². The molecule has 0 aromatic carbocycles. The molecule has 0 bridgehead atoms. The number of hydrogen-bond acceptors (Lipinski definition) is 2. The second-order valence-electron chi connectivity index (χ2n) is 2.90. The summed E-state index contributed by atoms with van der Waals surface area (Å²) < 4.78 is 1.93. The van der Waals surface area contributed by atoms with E-state index >= 15 is 0 Å². The van der Waals surface area contributed by atoms with Crippen molar-refractivity contribution in [2.45, 2.75) is 26.8 Å². The predicted octanol–water partition coefficient (Wildman–Crippen LogP) is 0.912. The Bertz CT molecular complexity index is 328. The van der Waals surface area contributed by atoms with Crippen LogP contribution in [0.3, 0.4) is 0 Å². The molecule has 0 aliphatic heterocycles. The molecule has 0 saturated carbocycles. The largest absolute Gasteiger partial charge is 0.320 e. The van der Waals surface area contributed by atoms with Gasteiger partial charge in [0, 0.05) is 12.7 Å². The summed E-state index contributed by atoms with van der Waals surface area (Å²) >= 11 is 0. The Morgan fingerprint density at radius 3 is 3.00 bits per heavy atom. The Hall–Kier alpha value is -1.27. The van der Waals surface area contributed by atoms with Gasteiger partial charge in [-0.15, -0.1) is 0 Å². The third-order valence-corrected chi connectivity index (χ3v) is 1.72. The summed E-state index contributed by atoms with van der Waals surface area (Å²) in [5.74, 6) is 5.82. The Labute approximate surface area is 78.9 Å². The number of nitrogens with zero attached hydrogens (tertiary/aromatic N) is 2. The van der Waals surface area contributed by atoms with Gasteiger partial charge in [-0.3, -0.25) is 4.68 Å². The minimum atomic E-state index is 0.401. The molecule has 0 aliphatic rings. The lowest BCUT2D eigenvalue weighted by atomic mass is 10.3. The lowest BCUT2D eigenvalue weighted by Crippen LogP contribution is -1.96. The zero-order valence-electron chi connectivity index (χ0n) is 8.17. The average molecular weight is 177 g/mol. The van der Waals surface area contributed by atoms with Crippen molar-refractivity contribution in [3.8, 4) is 11.8 Å². The van der Waals surface area contributed by atoms with Crippen LogP contribution < -0.4 is 5.73 Å². The zero-order valence-corrected chi connectivity index (χ0v) is 8.17. The van der Waals surface area contributed by atoms with Gasteiger partial charge in [-0.1, -0.05) is 18.8 Å². The van der Waals surface area contributed by atoms with Gasteiger partial charge in [0.15, 0.2) is 0 Å². The zero-order chi connectivity index (χ0) is 9.68. The lowest BCUT2D eigenvalue weighted by Gasteiger charge is -1.93. The predicted molar refractivity (Wildman–Crippen MR) is 53.2 cm³/mol. The summed E-state index contributed by atoms with van der Waals surface area (Å²) in [4.78, 5) is 0. The van der Waals surface area contributed by atoms with Gasteiger partial charge in [-0.05, 0) is 13.3 Å². The first-order valence-electron chi connectivity index (χ1n) is 4.51. The van der Waals surface area contributed by atoms with Crippen molar-refractivity contribution < 1.29 is 0 Å². The van der Waals surface area contributed by atoms with Crippen molar-refractivity contribution >= 4 is 0 Å². The monoisotopic (exact) mass is 177 g/mol. The van der Waals surface area contributed by atoms with Crippen molar-refractivity contribution in [2.24, 2.45) is 5.73 Å². The van der Waals surface area contributed by atoms with E-state index in [4.69, 9.17) is 5.73 Å². The minimum Gasteiger partial charge on any atom is -0.320 e. The van der Waals surface area contributed by atoms with E-state index < -0.39 is 0 Å². The van der Waals surface area contributed by atoms with Gasteiger partial charge in [-0.2, -0.15) is 5.10 Å². The van der Waals surface area contributed by atoms with Gasteiger partial charge in [0.05, 0.1) is 17.8 Å². The molecule has 0 atom stereocenters. The number of aromatic nitrogens is 2. The minimum absolute atomic E-state index is 0.401. The molecule has 0 spiro atoms. The summed E-state index contributed by atoms with van der Waals surface area (Å²) in [6.45, 7) is 5.44. The van der Waals surface area contributed by atoms with Crippen LogP contribution in [0.25, 0.3) is 0 Å². The first-order valence-corrected chi connectivity index (χ1v) is 4.51. The molecule has 0 amide bonds. The molecule has 2 N–H and O–H groups in total. The highest BCUT2D eigenvalue weighted by Gasteiger charge is 2.00. The van der Waals surface area contributed by atoms with E-state index in [1.807, 2.05) is 17.8 Å². The average Bonchev–Trinajstić information content (AvgIpc) is 2.44. The molecule has 1 heterocycles. The summed E-state index contributed by atoms with van der Waals surface area (Å²) in [5.41, 5.74) is 7.26. The quantitative estimate of drug-likeness (QED) is 0.682. The molecule has 0 saturated heterocycles. The third-order valence-electron chi connectivity index (χ3n) is 1.72. The molecular formula is C10H15N3. The van der Waals surface area contributed by atoms with Gasteiger partial charge >= 0.3 is 0 Å². The van der Waals surface area contributed by atoms with Crippen molar-refractivity contribution in [3.05, 3.63) is 17.5 Å². The van der Waals surface area contributed by atoms with E-state index in [1.165, 1.54) is 0 Å². The first-order chi connectivity index (χ1) is 6.27. The second-order valence-corrected chi connectivity index (χ2v) is 2.90. The highest BCUT2D eigenvalue weighted by molar-refractivity contribution is 5.35. The molecule has 0 radical (unpaired) electrons. The fourth-order valence-corrected chi connectivity index (χ4v) is 1.13. The Kier molecular flexibility index (Phi) is 3.53. The SMILES string of the molecule is CCCn1cc(C#CCN)c(C)n1. The van der Waals surface area contributed by atoms with Crippen LogP contribution in [-0.2, 0) is 6.54 Å². The van der Waals surface area contributed by atoms with Gasteiger partial charge in [-0.25, -0.2) is 0 Å². The number of rotatable bonds is 2. The van der Waals surface area contributed by atoms with Crippen molar-refractivity contribution in [1.82, 2.24) is 9.78 Å². The van der Waals surface area contributed by atoms with Crippen LogP contribution in [0.5, 0.6) is 0 Å². The maximum Gasteiger partial charge on any atom is 0.0750 e.